The first-order valence-corrected chi connectivity index (χ1v) is 5.17. The quantitative estimate of drug-likeness (QED) is 0.703. The van der Waals surface area contributed by atoms with Crippen LogP contribution in [0.1, 0.15) is 11.9 Å². The van der Waals surface area contributed by atoms with Gasteiger partial charge in [-0.15, -0.1) is 0 Å². The fourth-order valence-corrected chi connectivity index (χ4v) is 2.01. The molecule has 6 heteroatoms. The Kier molecular flexibility index (Phi) is 2.48. The Morgan fingerprint density at radius 3 is 3.17 bits per heavy atom. The van der Waals surface area contributed by atoms with Gasteiger partial charge in [-0.1, -0.05) is 0 Å². The van der Waals surface area contributed by atoms with E-state index in [0.29, 0.717) is 5.82 Å². The molecule has 1 unspecified atom stereocenters. The van der Waals surface area contributed by atoms with Crippen molar-refractivity contribution in [3.8, 4) is 0 Å². The van der Waals surface area contributed by atoms with Crippen LogP contribution in [-0.2, 0) is 4.74 Å². The maximum absolute atomic E-state index is 5.46. The van der Waals surface area contributed by atoms with Crippen molar-refractivity contribution in [2.24, 2.45) is 0 Å². The molecule has 2 heterocycles. The van der Waals surface area contributed by atoms with Crippen LogP contribution in [0.15, 0.2) is 4.52 Å². The van der Waals surface area contributed by atoms with Gasteiger partial charge in [0.25, 0.3) is 0 Å². The Morgan fingerprint density at radius 2 is 2.58 bits per heavy atom. The van der Waals surface area contributed by atoms with Crippen LogP contribution in [-0.4, -0.2) is 28.3 Å². The van der Waals surface area contributed by atoms with Crippen molar-refractivity contribution in [2.75, 3.05) is 18.1 Å². The topological polar surface area (TPSA) is 51.0 Å². The van der Waals surface area contributed by atoms with E-state index in [9.17, 15) is 0 Å². The minimum atomic E-state index is 0.0178. The first-order valence-electron chi connectivity index (χ1n) is 3.61. The Hall–Kier alpha value is -0.330. The van der Waals surface area contributed by atoms with Crippen LogP contribution in [0.3, 0.4) is 0 Å². The van der Waals surface area contributed by atoms with E-state index in [0.717, 1.165) is 18.1 Å². The number of aromatic nitrogens is 2. The van der Waals surface area contributed by atoms with Crippen LogP contribution < -0.4 is 0 Å². The molecule has 0 spiro atoms. The van der Waals surface area contributed by atoms with Crippen LogP contribution in [0, 0.1) is 4.84 Å². The molecule has 0 bridgehead atoms. The van der Waals surface area contributed by atoms with Crippen LogP contribution in [0.4, 0.5) is 0 Å². The number of hydrogen-bond acceptors (Lipinski definition) is 5. The Bertz CT molecular complexity index is 302. The maximum Gasteiger partial charge on any atom is 0.314 e. The van der Waals surface area contributed by atoms with E-state index in [1.54, 1.807) is 0 Å². The molecular weight excluding hydrogens is 196 g/mol. The zero-order chi connectivity index (χ0) is 8.39. The summed E-state index contributed by atoms with van der Waals surface area (Å²) in [6.07, 6.45) is 0.0178. The molecule has 0 radical (unpaired) electrons. The minimum absolute atomic E-state index is 0.0178. The summed E-state index contributed by atoms with van der Waals surface area (Å²) in [4.78, 5) is 4.23. The molecule has 1 saturated heterocycles. The van der Waals surface area contributed by atoms with E-state index in [1.807, 2.05) is 11.8 Å². The molecule has 1 fully saturated rings. The molecule has 1 aliphatic heterocycles. The highest BCUT2D eigenvalue weighted by atomic mass is 32.2. The zero-order valence-corrected chi connectivity index (χ0v) is 7.91. The van der Waals surface area contributed by atoms with Gasteiger partial charge in [0.05, 0.1) is 6.61 Å². The Balaban J connectivity index is 2.13. The molecule has 66 valence electrons. The average molecular weight is 204 g/mol. The molecule has 1 atom stereocenters. The lowest BCUT2D eigenvalue weighted by Crippen LogP contribution is -2.16. The molecule has 1 aliphatic rings. The summed E-state index contributed by atoms with van der Waals surface area (Å²) < 4.78 is 10.3. The van der Waals surface area contributed by atoms with E-state index >= 15 is 0 Å². The number of nitrogens with zero attached hydrogens (tertiary/aromatic N) is 1. The molecule has 2 rings (SSSR count). The summed E-state index contributed by atoms with van der Waals surface area (Å²) in [7, 11) is 0. The number of H-pyrrole nitrogens is 1. The number of nitrogens with one attached hydrogen (secondary N) is 1. The lowest BCUT2D eigenvalue weighted by molar-refractivity contribution is 0.0677. The van der Waals surface area contributed by atoms with Crippen molar-refractivity contribution >= 4 is 24.0 Å². The molecule has 1 N–H and O–H groups in total. The third-order valence-electron chi connectivity index (χ3n) is 1.58. The first kappa shape index (κ1) is 8.28. The SMILES string of the molecule is S=c1nc(C2CSCCO2)[nH]o1. The molecule has 12 heavy (non-hydrogen) atoms. The second-order valence-corrected chi connectivity index (χ2v) is 3.90. The monoisotopic (exact) mass is 204 g/mol. The van der Waals surface area contributed by atoms with Crippen molar-refractivity contribution in [2.45, 2.75) is 6.10 Å². The van der Waals surface area contributed by atoms with Gasteiger partial charge in [-0.3, -0.25) is 0 Å². The van der Waals surface area contributed by atoms with E-state index in [-0.39, 0.29) is 10.9 Å². The summed E-state index contributed by atoms with van der Waals surface area (Å²) in [5.74, 6) is 2.67. The standard InChI is InChI=1S/C6H8N2O2S2/c11-6-7-5(8-10-6)4-3-12-2-1-9-4/h4H,1-3H2,(H,7,8,11). The predicted octanol–water partition coefficient (Wildman–Crippen LogP) is 1.54. The smallest absolute Gasteiger partial charge is 0.314 e. The predicted molar refractivity (Wildman–Crippen MR) is 47.7 cm³/mol. The molecule has 1 aromatic heterocycles. The third-order valence-corrected chi connectivity index (χ3v) is 2.74. The minimum Gasteiger partial charge on any atom is -0.368 e. The normalized spacial score (nSPS) is 24.2. The number of aromatic amines is 1. The summed E-state index contributed by atoms with van der Waals surface area (Å²) in [5, 5.41) is 2.65. The van der Waals surface area contributed by atoms with Crippen LogP contribution in [0.5, 0.6) is 0 Å². The van der Waals surface area contributed by atoms with Gasteiger partial charge in [0, 0.05) is 11.5 Å². The van der Waals surface area contributed by atoms with Crippen LogP contribution in [0.2, 0.25) is 0 Å². The van der Waals surface area contributed by atoms with Gasteiger partial charge in [-0.2, -0.15) is 16.7 Å². The van der Waals surface area contributed by atoms with Crippen molar-refractivity contribution in [3.63, 3.8) is 0 Å². The molecule has 0 saturated carbocycles. The lowest BCUT2D eigenvalue weighted by Gasteiger charge is -2.19. The highest BCUT2D eigenvalue weighted by molar-refractivity contribution is 7.99. The average Bonchev–Trinajstić information content (AvgIpc) is 2.54. The van der Waals surface area contributed by atoms with E-state index in [1.165, 1.54) is 0 Å². The van der Waals surface area contributed by atoms with Crippen molar-refractivity contribution in [3.05, 3.63) is 10.7 Å². The number of hydrogen-bond donors (Lipinski definition) is 1. The number of ether oxygens (including phenoxy) is 1. The lowest BCUT2D eigenvalue weighted by atomic mass is 10.4. The molecular formula is C6H8N2O2S2. The van der Waals surface area contributed by atoms with Crippen molar-refractivity contribution in [1.29, 1.82) is 0 Å². The van der Waals surface area contributed by atoms with E-state index < -0.39 is 0 Å². The van der Waals surface area contributed by atoms with E-state index in [4.69, 9.17) is 21.5 Å². The summed E-state index contributed by atoms with van der Waals surface area (Å²) >= 11 is 6.58. The van der Waals surface area contributed by atoms with Crippen LogP contribution in [0.25, 0.3) is 0 Å². The highest BCUT2D eigenvalue weighted by Crippen LogP contribution is 2.23. The van der Waals surface area contributed by atoms with Gasteiger partial charge >= 0.3 is 4.84 Å². The molecule has 4 nitrogen and oxygen atoms in total. The Morgan fingerprint density at radius 1 is 1.67 bits per heavy atom. The van der Waals surface area contributed by atoms with Gasteiger partial charge in [-0.05, 0) is 12.2 Å². The summed E-state index contributed by atoms with van der Waals surface area (Å²) in [6.45, 7) is 0.767. The maximum atomic E-state index is 5.46. The molecule has 0 amide bonds. The Labute approximate surface area is 78.7 Å². The largest absolute Gasteiger partial charge is 0.368 e. The zero-order valence-electron chi connectivity index (χ0n) is 6.28. The van der Waals surface area contributed by atoms with Crippen molar-refractivity contribution < 1.29 is 9.26 Å². The third kappa shape index (κ3) is 1.70. The molecule has 0 aromatic carbocycles. The second kappa shape index (κ2) is 3.59. The molecule has 1 aromatic rings. The summed E-state index contributed by atoms with van der Waals surface area (Å²) in [6, 6.07) is 0. The number of rotatable bonds is 1. The molecule has 0 aliphatic carbocycles. The van der Waals surface area contributed by atoms with Gasteiger partial charge in [0.2, 0.25) is 0 Å². The van der Waals surface area contributed by atoms with Crippen molar-refractivity contribution in [1.82, 2.24) is 10.1 Å². The van der Waals surface area contributed by atoms with Gasteiger partial charge in [0.15, 0.2) is 5.82 Å². The summed E-state index contributed by atoms with van der Waals surface area (Å²) in [5.41, 5.74) is 0. The fourth-order valence-electron chi connectivity index (χ4n) is 1.02. The second-order valence-electron chi connectivity index (χ2n) is 2.40. The van der Waals surface area contributed by atoms with E-state index in [2.05, 4.69) is 10.1 Å². The van der Waals surface area contributed by atoms with Gasteiger partial charge in [-0.25, -0.2) is 5.16 Å². The van der Waals surface area contributed by atoms with Gasteiger partial charge in [0.1, 0.15) is 6.10 Å². The first-order chi connectivity index (χ1) is 5.86. The highest BCUT2D eigenvalue weighted by Gasteiger charge is 2.19. The number of thioether (sulfide) groups is 1. The van der Waals surface area contributed by atoms with Crippen LogP contribution >= 0.6 is 24.0 Å². The fraction of sp³-hybridized carbons (Fsp3) is 0.667. The van der Waals surface area contributed by atoms with Gasteiger partial charge < -0.3 is 9.26 Å².